The van der Waals surface area contributed by atoms with Gasteiger partial charge in [-0.25, -0.2) is 0 Å². The van der Waals surface area contributed by atoms with Crippen molar-refractivity contribution < 1.29 is 4.42 Å². The third-order valence-corrected chi connectivity index (χ3v) is 9.27. The molecule has 0 saturated carbocycles. The first kappa shape index (κ1) is 22.9. The number of rotatable bonds is 2. The lowest BCUT2D eigenvalue weighted by atomic mass is 9.78. The molecule has 0 fully saturated rings. The average molecular weight is 525 g/mol. The molecule has 0 N–H and O–H groups in total. The van der Waals surface area contributed by atoms with Gasteiger partial charge >= 0.3 is 0 Å². The second-order valence-electron chi connectivity index (χ2n) is 11.5. The van der Waals surface area contributed by atoms with E-state index < -0.39 is 0 Å². The molecule has 0 radical (unpaired) electrons. The maximum Gasteiger partial charge on any atom is 0.134 e. The molecule has 1 atom stereocenters. The first-order valence-electron chi connectivity index (χ1n) is 14.7. The Hall–Kier alpha value is -4.88. The van der Waals surface area contributed by atoms with Gasteiger partial charge in [0.2, 0.25) is 0 Å². The van der Waals surface area contributed by atoms with Gasteiger partial charge in [-0.1, -0.05) is 115 Å². The minimum absolute atomic E-state index is 0.234. The molecule has 0 saturated heterocycles. The van der Waals surface area contributed by atoms with E-state index in [0.29, 0.717) is 0 Å². The van der Waals surface area contributed by atoms with Gasteiger partial charge in [-0.05, 0) is 85.1 Å². The zero-order valence-electron chi connectivity index (χ0n) is 22.7. The number of allylic oxidation sites excluding steroid dienone is 2. The number of hydrogen-bond acceptors (Lipinski definition) is 1. The van der Waals surface area contributed by atoms with E-state index in [2.05, 4.69) is 127 Å². The summed E-state index contributed by atoms with van der Waals surface area (Å²) in [6.07, 6.45) is 12.4. The van der Waals surface area contributed by atoms with Crippen LogP contribution in [0.3, 0.4) is 0 Å². The molecule has 0 amide bonds. The van der Waals surface area contributed by atoms with E-state index in [4.69, 9.17) is 4.42 Å². The minimum atomic E-state index is 0.234. The van der Waals surface area contributed by atoms with Crippen LogP contribution in [0.15, 0.2) is 120 Å². The van der Waals surface area contributed by atoms with Gasteiger partial charge in [0, 0.05) is 23.3 Å². The van der Waals surface area contributed by atoms with Crippen molar-refractivity contribution in [1.29, 1.82) is 0 Å². The van der Waals surface area contributed by atoms with Gasteiger partial charge in [0.1, 0.15) is 11.3 Å². The van der Waals surface area contributed by atoms with Gasteiger partial charge < -0.3 is 4.42 Å². The highest BCUT2D eigenvalue weighted by Gasteiger charge is 2.26. The Morgan fingerprint density at radius 1 is 0.610 bits per heavy atom. The summed E-state index contributed by atoms with van der Waals surface area (Å²) in [5, 5.41) is 9.21. The Bertz CT molecular complexity index is 2180. The first-order valence-corrected chi connectivity index (χ1v) is 14.7. The third kappa shape index (κ3) is 3.36. The highest BCUT2D eigenvalue weighted by atomic mass is 16.3. The zero-order chi connectivity index (χ0) is 26.9. The molecule has 0 aliphatic heterocycles. The fourth-order valence-corrected chi connectivity index (χ4v) is 7.51. The molecule has 1 heterocycles. The lowest BCUT2D eigenvalue weighted by molar-refractivity contribution is 0.534. The van der Waals surface area contributed by atoms with Gasteiger partial charge in [0.05, 0.1) is 0 Å². The van der Waals surface area contributed by atoms with Crippen LogP contribution < -0.4 is 0 Å². The van der Waals surface area contributed by atoms with Crippen LogP contribution in [0.2, 0.25) is 0 Å². The summed E-state index contributed by atoms with van der Waals surface area (Å²) < 4.78 is 6.40. The summed E-state index contributed by atoms with van der Waals surface area (Å²) in [4.78, 5) is 0. The molecule has 1 aromatic heterocycles. The fourth-order valence-electron chi connectivity index (χ4n) is 7.51. The largest absolute Gasteiger partial charge is 0.460 e. The molecule has 1 heteroatoms. The molecule has 41 heavy (non-hydrogen) atoms. The smallest absolute Gasteiger partial charge is 0.134 e. The average Bonchev–Trinajstić information content (AvgIpc) is 3.41. The molecular weight excluding hydrogens is 496 g/mol. The van der Waals surface area contributed by atoms with Crippen molar-refractivity contribution in [1.82, 2.24) is 0 Å². The molecule has 2 aliphatic rings. The summed E-state index contributed by atoms with van der Waals surface area (Å²) in [7, 11) is 0. The van der Waals surface area contributed by atoms with Crippen LogP contribution in [0.5, 0.6) is 0 Å². The van der Waals surface area contributed by atoms with Crippen molar-refractivity contribution in [3.63, 3.8) is 0 Å². The first-order chi connectivity index (χ1) is 20.3. The molecule has 0 spiro atoms. The van der Waals surface area contributed by atoms with Gasteiger partial charge in [-0.3, -0.25) is 0 Å². The SMILES string of the molecule is C1=Cc2c(-c3c4ccccc4c(C4C=Cc5c(oc6ccccc56)C4)c4ccccc34)cc3ccccc3c2CC1. The number of aryl methyl sites for hydroxylation is 1. The number of para-hydroxylation sites is 1. The van der Waals surface area contributed by atoms with E-state index in [-0.39, 0.29) is 5.92 Å². The van der Waals surface area contributed by atoms with Crippen LogP contribution in [0.4, 0.5) is 0 Å². The van der Waals surface area contributed by atoms with Crippen LogP contribution in [0.1, 0.15) is 40.4 Å². The number of hydrogen-bond donors (Lipinski definition) is 0. The second kappa shape index (κ2) is 8.81. The second-order valence-corrected chi connectivity index (χ2v) is 11.5. The summed E-state index contributed by atoms with van der Waals surface area (Å²) >= 11 is 0. The molecule has 6 aromatic carbocycles. The van der Waals surface area contributed by atoms with E-state index in [1.54, 1.807) is 0 Å². The Balaban J connectivity index is 1.34. The summed E-state index contributed by atoms with van der Waals surface area (Å²) in [6.45, 7) is 0. The van der Waals surface area contributed by atoms with E-state index in [1.165, 1.54) is 71.1 Å². The maximum atomic E-state index is 6.40. The Morgan fingerprint density at radius 3 is 2.05 bits per heavy atom. The lowest BCUT2D eigenvalue weighted by Crippen LogP contribution is -2.07. The monoisotopic (exact) mass is 524 g/mol. The minimum Gasteiger partial charge on any atom is -0.460 e. The van der Waals surface area contributed by atoms with Crippen molar-refractivity contribution in [3.05, 3.63) is 143 Å². The Morgan fingerprint density at radius 2 is 1.27 bits per heavy atom. The van der Waals surface area contributed by atoms with Gasteiger partial charge in [-0.15, -0.1) is 0 Å². The van der Waals surface area contributed by atoms with Crippen molar-refractivity contribution in [2.24, 2.45) is 0 Å². The summed E-state index contributed by atoms with van der Waals surface area (Å²) in [5.74, 6) is 1.32. The van der Waals surface area contributed by atoms with E-state index in [0.717, 1.165) is 30.6 Å². The molecular formula is C40H28O. The predicted molar refractivity (Wildman–Crippen MR) is 173 cm³/mol. The molecule has 194 valence electrons. The van der Waals surface area contributed by atoms with Crippen molar-refractivity contribution in [2.75, 3.05) is 0 Å². The maximum absolute atomic E-state index is 6.40. The van der Waals surface area contributed by atoms with Crippen molar-refractivity contribution in [2.45, 2.75) is 25.2 Å². The standard InChI is InChI=1S/C40H28O/c1-2-12-27-25(11-1)23-36(29-14-4-3-13-28(27)29)40-34-18-7-5-16-32(34)39(33-17-6-8-19-35(33)40)26-21-22-31-30-15-9-10-20-37(30)41-38(31)24-26/h1-2,4-12,14-23,26H,3,13,24H2. The third-order valence-electron chi connectivity index (χ3n) is 9.27. The van der Waals surface area contributed by atoms with Crippen LogP contribution in [-0.4, -0.2) is 0 Å². The van der Waals surface area contributed by atoms with Crippen LogP contribution >= 0.6 is 0 Å². The predicted octanol–water partition coefficient (Wildman–Crippen LogP) is 10.9. The van der Waals surface area contributed by atoms with E-state index in [9.17, 15) is 0 Å². The number of furan rings is 1. The van der Waals surface area contributed by atoms with Gasteiger partial charge in [0.15, 0.2) is 0 Å². The molecule has 0 bridgehead atoms. The normalized spacial score (nSPS) is 16.0. The molecule has 7 aromatic rings. The molecule has 2 aliphatic carbocycles. The quantitative estimate of drug-likeness (QED) is 0.205. The van der Waals surface area contributed by atoms with Crippen LogP contribution in [0, 0.1) is 0 Å². The van der Waals surface area contributed by atoms with Gasteiger partial charge in [-0.2, -0.15) is 0 Å². The molecule has 9 rings (SSSR count). The fraction of sp³-hybridized carbons (Fsp3) is 0.100. The highest BCUT2D eigenvalue weighted by Crippen LogP contribution is 2.47. The Kier molecular flexibility index (Phi) is 4.92. The number of benzene rings is 6. The summed E-state index contributed by atoms with van der Waals surface area (Å²) in [5.41, 5.74) is 9.14. The van der Waals surface area contributed by atoms with E-state index in [1.807, 2.05) is 0 Å². The van der Waals surface area contributed by atoms with E-state index >= 15 is 0 Å². The van der Waals surface area contributed by atoms with Gasteiger partial charge in [0.25, 0.3) is 0 Å². The lowest BCUT2D eigenvalue weighted by Gasteiger charge is -2.25. The highest BCUT2D eigenvalue weighted by molar-refractivity contribution is 6.17. The molecule has 1 unspecified atom stereocenters. The Labute approximate surface area is 239 Å². The van der Waals surface area contributed by atoms with Crippen LogP contribution in [0.25, 0.3) is 66.6 Å². The van der Waals surface area contributed by atoms with Crippen molar-refractivity contribution in [3.8, 4) is 11.1 Å². The van der Waals surface area contributed by atoms with Crippen molar-refractivity contribution >= 4 is 55.4 Å². The summed E-state index contributed by atoms with van der Waals surface area (Å²) in [6, 6.07) is 37.8. The number of fused-ring (bicyclic) bond motifs is 8. The zero-order valence-corrected chi connectivity index (χ0v) is 22.7. The molecule has 1 nitrogen and oxygen atoms in total. The topological polar surface area (TPSA) is 13.1 Å². The van der Waals surface area contributed by atoms with Crippen LogP contribution in [-0.2, 0) is 12.8 Å².